The molecule has 1 amide bonds. The maximum Gasteiger partial charge on any atom is 0.416 e. The lowest BCUT2D eigenvalue weighted by atomic mass is 10.0. The number of piperidine rings is 1. The highest BCUT2D eigenvalue weighted by atomic mass is 19.4. The molecule has 0 atom stereocenters. The van der Waals surface area contributed by atoms with Crippen molar-refractivity contribution >= 4 is 23.1 Å². The number of aromatic nitrogens is 4. The number of fused-ring (bicyclic) bond motifs is 1. The number of pyridine rings is 1. The Morgan fingerprint density at radius 3 is 2.31 bits per heavy atom. The van der Waals surface area contributed by atoms with Gasteiger partial charge < -0.3 is 20.0 Å². The zero-order valence-electron chi connectivity index (χ0n) is 29.0. The lowest BCUT2D eigenvalue weighted by Gasteiger charge is -2.42. The molecule has 3 aliphatic rings. The van der Waals surface area contributed by atoms with Gasteiger partial charge in [-0.15, -0.1) is 5.10 Å². The molecule has 0 saturated carbocycles. The smallest absolute Gasteiger partial charge is 0.355 e. The summed E-state index contributed by atoms with van der Waals surface area (Å²) in [6.45, 7) is 9.56. The van der Waals surface area contributed by atoms with E-state index < -0.39 is 17.6 Å². The maximum atomic E-state index is 14.1. The van der Waals surface area contributed by atoms with Gasteiger partial charge in [0.25, 0.3) is 5.91 Å². The topological polar surface area (TPSA) is 88.4 Å². The molecule has 3 aromatic heterocycles. The second-order valence-electron chi connectivity index (χ2n) is 13.8. The molecular weight excluding hydrogens is 657 g/mol. The van der Waals surface area contributed by atoms with Gasteiger partial charge in [-0.25, -0.2) is 9.50 Å². The molecule has 3 aliphatic heterocycles. The number of rotatable bonds is 6. The third kappa shape index (κ3) is 8.34. The van der Waals surface area contributed by atoms with E-state index in [0.29, 0.717) is 36.0 Å². The van der Waals surface area contributed by atoms with Crippen molar-refractivity contribution in [2.45, 2.75) is 31.6 Å². The molecule has 7 rings (SSSR count). The van der Waals surface area contributed by atoms with Gasteiger partial charge in [-0.2, -0.15) is 13.2 Å². The fourth-order valence-corrected chi connectivity index (χ4v) is 7.04. The average Bonchev–Trinajstić information content (AvgIpc) is 3.54. The first kappa shape index (κ1) is 34.9. The number of nitrogens with one attached hydrogen (secondary N) is 1. The van der Waals surface area contributed by atoms with Crippen LogP contribution in [0.2, 0.25) is 0 Å². The summed E-state index contributed by atoms with van der Waals surface area (Å²) >= 11 is 0. The summed E-state index contributed by atoms with van der Waals surface area (Å²) in [6, 6.07) is 10.1. The number of alkyl halides is 3. The first-order valence-corrected chi connectivity index (χ1v) is 17.5. The van der Waals surface area contributed by atoms with E-state index in [1.807, 2.05) is 24.1 Å². The van der Waals surface area contributed by atoms with Crippen LogP contribution in [-0.4, -0.2) is 131 Å². The largest absolute Gasteiger partial charge is 0.416 e. The van der Waals surface area contributed by atoms with E-state index in [1.54, 1.807) is 16.8 Å². The zero-order chi connectivity index (χ0) is 35.5. The van der Waals surface area contributed by atoms with Crippen molar-refractivity contribution < 1.29 is 18.0 Å². The van der Waals surface area contributed by atoms with E-state index in [1.165, 1.54) is 24.5 Å². The molecule has 0 aliphatic carbocycles. The summed E-state index contributed by atoms with van der Waals surface area (Å²) in [5.41, 5.74) is 1.40. The van der Waals surface area contributed by atoms with E-state index in [4.69, 9.17) is 5.10 Å². The van der Waals surface area contributed by atoms with Gasteiger partial charge in [-0.3, -0.25) is 19.6 Å². The minimum atomic E-state index is -4.56. The van der Waals surface area contributed by atoms with Crippen LogP contribution >= 0.6 is 0 Å². The van der Waals surface area contributed by atoms with Crippen LogP contribution in [0.1, 0.15) is 45.6 Å². The molecule has 3 fully saturated rings. The van der Waals surface area contributed by atoms with Crippen molar-refractivity contribution in [3.63, 3.8) is 0 Å². The second-order valence-corrected chi connectivity index (χ2v) is 13.8. The first-order valence-electron chi connectivity index (χ1n) is 17.5. The monoisotopic (exact) mass is 700 g/mol. The molecule has 1 N–H and O–H groups in total. The van der Waals surface area contributed by atoms with E-state index in [9.17, 15) is 18.0 Å². The number of likely N-dealkylation sites (N-methyl/N-ethyl adjacent to an activating group) is 2. The number of hydrogen-bond acceptors (Lipinski definition) is 9. The normalized spacial score (nSPS) is 18.9. The van der Waals surface area contributed by atoms with E-state index in [0.717, 1.165) is 77.1 Å². The van der Waals surface area contributed by atoms with E-state index in [2.05, 4.69) is 53.8 Å². The predicted octanol–water partition coefficient (Wildman–Crippen LogP) is 3.76. The van der Waals surface area contributed by atoms with Gasteiger partial charge >= 0.3 is 6.18 Å². The third-order valence-electron chi connectivity index (χ3n) is 10.2. The SMILES string of the molecule is CN1CCN(Cc2ccc(NC(=O)c3cncc(C#Cc4cnc5ccc(N6CCC(N7CCN(C)CC7)CC6)nn45)c3)cc2C(F)(F)F)CC1. The van der Waals surface area contributed by atoms with Crippen LogP contribution in [0.25, 0.3) is 5.65 Å². The molecule has 1 aromatic carbocycles. The predicted molar refractivity (Wildman–Crippen MR) is 190 cm³/mol. The lowest BCUT2D eigenvalue weighted by molar-refractivity contribution is -0.138. The first-order chi connectivity index (χ1) is 24.6. The highest BCUT2D eigenvalue weighted by Crippen LogP contribution is 2.35. The standard InChI is InChI=1S/C37H43F3N10O/c1-45-13-17-47(18-14-45)26-28-4-5-30(22-33(28)37(38,39)40)43-36(51)29-21-27(23-41-24-29)3-6-32-25-42-34-7-8-35(44-50(32)34)49-11-9-31(10-12-49)48-19-15-46(2)16-20-48/h4-5,7-8,21-25,31H,9-20,26H2,1-2H3,(H,43,51). The Labute approximate surface area is 296 Å². The number of anilines is 2. The minimum Gasteiger partial charge on any atom is -0.355 e. The van der Waals surface area contributed by atoms with Gasteiger partial charge in [0.15, 0.2) is 5.65 Å². The molecule has 51 heavy (non-hydrogen) atoms. The van der Waals surface area contributed by atoms with Crippen LogP contribution in [0.3, 0.4) is 0 Å². The van der Waals surface area contributed by atoms with Gasteiger partial charge in [0.05, 0.1) is 17.3 Å². The Balaban J connectivity index is 1.01. The summed E-state index contributed by atoms with van der Waals surface area (Å²) in [5, 5.41) is 7.48. The summed E-state index contributed by atoms with van der Waals surface area (Å²) in [6.07, 6.45) is 2.20. The van der Waals surface area contributed by atoms with Crippen molar-refractivity contribution in [3.05, 3.63) is 82.9 Å². The lowest BCUT2D eigenvalue weighted by Crippen LogP contribution is -2.52. The number of carbonyl (C=O) groups excluding carboxylic acids is 1. The summed E-state index contributed by atoms with van der Waals surface area (Å²) in [5.74, 6) is 6.45. The van der Waals surface area contributed by atoms with Crippen LogP contribution in [-0.2, 0) is 12.7 Å². The van der Waals surface area contributed by atoms with Crippen molar-refractivity contribution in [2.24, 2.45) is 0 Å². The molecule has 4 aromatic rings. The number of benzene rings is 1. The number of carbonyl (C=O) groups is 1. The molecule has 6 heterocycles. The summed E-state index contributed by atoms with van der Waals surface area (Å²) in [7, 11) is 4.18. The number of nitrogens with zero attached hydrogens (tertiary/aromatic N) is 9. The van der Waals surface area contributed by atoms with Crippen LogP contribution in [0.5, 0.6) is 0 Å². The zero-order valence-corrected chi connectivity index (χ0v) is 29.0. The van der Waals surface area contributed by atoms with Crippen LogP contribution < -0.4 is 10.2 Å². The maximum absolute atomic E-state index is 14.1. The summed E-state index contributed by atoms with van der Waals surface area (Å²) in [4.78, 5) is 33.3. The third-order valence-corrected chi connectivity index (χ3v) is 10.2. The Morgan fingerprint density at radius 1 is 0.863 bits per heavy atom. The van der Waals surface area contributed by atoms with Crippen LogP contribution in [0.4, 0.5) is 24.7 Å². The van der Waals surface area contributed by atoms with Crippen molar-refractivity contribution in [1.29, 1.82) is 0 Å². The molecule has 14 heteroatoms. The van der Waals surface area contributed by atoms with Gasteiger partial charge in [0, 0.05) is 102 Å². The molecular formula is C37H43F3N10O. The van der Waals surface area contributed by atoms with Crippen LogP contribution in [0, 0.1) is 11.8 Å². The number of hydrogen-bond donors (Lipinski definition) is 1. The van der Waals surface area contributed by atoms with Crippen LogP contribution in [0.15, 0.2) is 55.0 Å². The quantitative estimate of drug-likeness (QED) is 0.303. The van der Waals surface area contributed by atoms with Crippen molar-refractivity contribution in [1.82, 2.24) is 39.2 Å². The highest BCUT2D eigenvalue weighted by molar-refractivity contribution is 6.04. The molecule has 11 nitrogen and oxygen atoms in total. The average molecular weight is 701 g/mol. The molecule has 0 bridgehead atoms. The highest BCUT2D eigenvalue weighted by Gasteiger charge is 2.34. The number of amides is 1. The Kier molecular flexibility index (Phi) is 10.2. The fraction of sp³-hybridized carbons (Fsp3) is 0.459. The minimum absolute atomic E-state index is 0.0575. The van der Waals surface area contributed by atoms with Crippen molar-refractivity contribution in [3.8, 4) is 11.8 Å². The Morgan fingerprint density at radius 2 is 1.59 bits per heavy atom. The number of imidazole rings is 1. The fourth-order valence-electron chi connectivity index (χ4n) is 7.04. The van der Waals surface area contributed by atoms with E-state index in [-0.39, 0.29) is 23.4 Å². The molecule has 0 radical (unpaired) electrons. The van der Waals surface area contributed by atoms with Gasteiger partial charge in [0.1, 0.15) is 11.5 Å². The van der Waals surface area contributed by atoms with Gasteiger partial charge in [0.2, 0.25) is 0 Å². The Bertz CT molecular complexity index is 1910. The number of piperazine rings is 2. The molecule has 3 saturated heterocycles. The van der Waals surface area contributed by atoms with Crippen molar-refractivity contribution in [2.75, 3.05) is 89.8 Å². The van der Waals surface area contributed by atoms with Gasteiger partial charge in [-0.05, 0) is 68.8 Å². The molecule has 268 valence electrons. The van der Waals surface area contributed by atoms with E-state index >= 15 is 0 Å². The summed E-state index contributed by atoms with van der Waals surface area (Å²) < 4.78 is 44.0. The Hall–Kier alpha value is -4.55. The van der Waals surface area contributed by atoms with Gasteiger partial charge in [-0.1, -0.05) is 12.0 Å². The number of halogens is 3. The molecule has 0 spiro atoms. The molecule has 0 unspecified atom stereocenters. The second kappa shape index (κ2) is 15.0.